The van der Waals surface area contributed by atoms with E-state index in [1.54, 1.807) is 0 Å². The van der Waals surface area contributed by atoms with E-state index in [9.17, 15) is 0 Å². The maximum absolute atomic E-state index is 6.36. The molecule has 0 aromatic heterocycles. The van der Waals surface area contributed by atoms with Crippen LogP contribution in [0.5, 0.6) is 0 Å². The summed E-state index contributed by atoms with van der Waals surface area (Å²) in [6.45, 7) is 16.0. The second-order valence-electron chi connectivity index (χ2n) is 6.90. The molecule has 0 aromatic rings. The van der Waals surface area contributed by atoms with Gasteiger partial charge in [-0.2, -0.15) is 0 Å². The molecule has 0 aliphatic rings. The summed E-state index contributed by atoms with van der Waals surface area (Å²) in [5, 5.41) is 0. The van der Waals surface area contributed by atoms with Crippen LogP contribution in [-0.4, -0.2) is 33.9 Å². The molecule has 0 aliphatic heterocycles. The van der Waals surface area contributed by atoms with Gasteiger partial charge >= 0.3 is 0 Å². The van der Waals surface area contributed by atoms with Crippen molar-refractivity contribution in [2.24, 2.45) is 0 Å². The number of halogens is 2. The van der Waals surface area contributed by atoms with Gasteiger partial charge in [-0.25, -0.2) is 0 Å². The van der Waals surface area contributed by atoms with Crippen molar-refractivity contribution < 1.29 is 0 Å². The van der Waals surface area contributed by atoms with E-state index >= 15 is 0 Å². The summed E-state index contributed by atoms with van der Waals surface area (Å²) in [5.41, 5.74) is 0. The Morgan fingerprint density at radius 1 is 0.682 bits per heavy atom. The molecule has 0 atom stereocenters. The molecule has 0 radical (unpaired) electrons. The van der Waals surface area contributed by atoms with Crippen LogP contribution in [0.4, 0.5) is 0 Å². The zero-order chi connectivity index (χ0) is 17.4. The Hall–Kier alpha value is 1.19. The fourth-order valence-electron chi connectivity index (χ4n) is 4.17. The zero-order valence-corrected chi connectivity index (χ0v) is 20.6. The lowest BCUT2D eigenvalue weighted by Crippen LogP contribution is -2.66. The van der Waals surface area contributed by atoms with Crippen molar-refractivity contribution in [3.8, 4) is 0 Å². The Bertz CT molecular complexity index is 264. The minimum absolute atomic E-state index is 1.04. The molecule has 0 rings (SSSR count). The standard InChI is InChI=1S/C16H39Cl2NSi3/c1-8-21(9-2,10-3)19(15-14-16-20(7,17)18)22(11-4,12-5)13-6/h8-16H2,1-7H3. The molecule has 0 aliphatic carbocycles. The van der Waals surface area contributed by atoms with Crippen molar-refractivity contribution >= 4 is 45.3 Å². The molecule has 0 N–H and O–H groups in total. The second kappa shape index (κ2) is 10.2. The van der Waals surface area contributed by atoms with Gasteiger partial charge in [0.1, 0.15) is 16.5 Å². The molecule has 0 heterocycles. The molecule has 6 heteroatoms. The third-order valence-corrected chi connectivity index (χ3v) is 21.9. The van der Waals surface area contributed by atoms with Crippen LogP contribution < -0.4 is 0 Å². The number of rotatable bonds is 12. The van der Waals surface area contributed by atoms with Crippen molar-refractivity contribution in [3.63, 3.8) is 0 Å². The monoisotopic (exact) mass is 399 g/mol. The van der Waals surface area contributed by atoms with Gasteiger partial charge in [0.15, 0.2) is 0 Å². The SMILES string of the molecule is CC[Si](CC)(CC)N(CCC[Si](C)(Cl)Cl)[Si](CC)(CC)CC. The molecular formula is C16H39Cl2NSi3. The lowest BCUT2D eigenvalue weighted by atomic mass is 10.5. The minimum Gasteiger partial charge on any atom is -0.345 e. The van der Waals surface area contributed by atoms with Gasteiger partial charge in [0, 0.05) is 0 Å². The van der Waals surface area contributed by atoms with E-state index in [1.807, 2.05) is 0 Å². The van der Waals surface area contributed by atoms with Crippen LogP contribution in [0, 0.1) is 0 Å². The average Bonchev–Trinajstić information content (AvgIpc) is 2.50. The topological polar surface area (TPSA) is 3.24 Å². The van der Waals surface area contributed by atoms with E-state index in [4.69, 9.17) is 22.2 Å². The average molecular weight is 401 g/mol. The Balaban J connectivity index is 5.47. The summed E-state index contributed by atoms with van der Waals surface area (Å²) >= 11 is 12.7. The lowest BCUT2D eigenvalue weighted by molar-refractivity contribution is 0.565. The lowest BCUT2D eigenvalue weighted by Gasteiger charge is -2.52. The smallest absolute Gasteiger partial charge is 0.248 e. The predicted molar refractivity (Wildman–Crippen MR) is 114 cm³/mol. The van der Waals surface area contributed by atoms with Crippen LogP contribution in [0.1, 0.15) is 48.0 Å². The molecular weight excluding hydrogens is 361 g/mol. The normalized spacial score (nSPS) is 13.9. The van der Waals surface area contributed by atoms with E-state index in [0.29, 0.717) is 0 Å². The van der Waals surface area contributed by atoms with E-state index in [2.05, 4.69) is 52.3 Å². The summed E-state index contributed by atoms with van der Waals surface area (Å²) in [7, 11) is -2.63. The summed E-state index contributed by atoms with van der Waals surface area (Å²) in [6.07, 6.45) is 1.19. The third kappa shape index (κ3) is 5.92. The largest absolute Gasteiger partial charge is 0.345 e. The fraction of sp³-hybridized carbons (Fsp3) is 1.00. The van der Waals surface area contributed by atoms with Crippen molar-refractivity contribution in [1.82, 2.24) is 4.23 Å². The minimum atomic E-state index is -1.95. The van der Waals surface area contributed by atoms with Gasteiger partial charge in [-0.05, 0) is 61.8 Å². The molecule has 0 fully saturated rings. The zero-order valence-electron chi connectivity index (χ0n) is 16.1. The van der Waals surface area contributed by atoms with E-state index in [1.165, 1.54) is 49.2 Å². The molecule has 1 nitrogen and oxygen atoms in total. The van der Waals surface area contributed by atoms with Crippen molar-refractivity contribution in [3.05, 3.63) is 0 Å². The highest BCUT2D eigenvalue weighted by Crippen LogP contribution is 2.36. The first kappa shape index (κ1) is 23.2. The number of hydrogen-bond donors (Lipinski definition) is 0. The van der Waals surface area contributed by atoms with Crippen LogP contribution in [-0.2, 0) is 0 Å². The maximum Gasteiger partial charge on any atom is 0.248 e. The fourth-order valence-corrected chi connectivity index (χ4v) is 19.2. The van der Waals surface area contributed by atoms with Gasteiger partial charge in [-0.15, -0.1) is 22.2 Å². The van der Waals surface area contributed by atoms with Crippen LogP contribution in [0.3, 0.4) is 0 Å². The summed E-state index contributed by atoms with van der Waals surface area (Å²) in [5.74, 6) is 0. The highest BCUT2D eigenvalue weighted by atomic mass is 35.7. The first-order chi connectivity index (χ1) is 10.2. The summed E-state index contributed by atoms with van der Waals surface area (Å²) in [4.78, 5) is 0. The van der Waals surface area contributed by atoms with Crippen LogP contribution >= 0.6 is 22.2 Å². The van der Waals surface area contributed by atoms with Crippen molar-refractivity contribution in [1.29, 1.82) is 0 Å². The number of hydrogen-bond acceptors (Lipinski definition) is 1. The molecule has 134 valence electrons. The van der Waals surface area contributed by atoms with Gasteiger partial charge in [-0.1, -0.05) is 41.5 Å². The van der Waals surface area contributed by atoms with Gasteiger partial charge in [0.2, 0.25) is 6.69 Å². The number of nitrogens with zero attached hydrogens (tertiary/aromatic N) is 1. The van der Waals surface area contributed by atoms with Gasteiger partial charge in [0.25, 0.3) is 0 Å². The Morgan fingerprint density at radius 2 is 1.00 bits per heavy atom. The second-order valence-corrected chi connectivity index (χ2v) is 25.8. The van der Waals surface area contributed by atoms with Crippen LogP contribution in [0.25, 0.3) is 0 Å². The van der Waals surface area contributed by atoms with E-state index in [0.717, 1.165) is 6.04 Å². The summed E-state index contributed by atoms with van der Waals surface area (Å²) in [6, 6.07) is 9.40. The molecule has 22 heavy (non-hydrogen) atoms. The molecule has 0 unspecified atom stereocenters. The van der Waals surface area contributed by atoms with Crippen molar-refractivity contribution in [2.75, 3.05) is 6.54 Å². The van der Waals surface area contributed by atoms with Crippen molar-refractivity contribution in [2.45, 2.75) is 96.8 Å². The molecule has 0 spiro atoms. The third-order valence-electron chi connectivity index (χ3n) is 6.09. The van der Waals surface area contributed by atoms with Gasteiger partial charge in [0.05, 0.1) is 0 Å². The van der Waals surface area contributed by atoms with E-state index in [-0.39, 0.29) is 0 Å². The molecule has 0 saturated carbocycles. The Morgan fingerprint density at radius 3 is 1.23 bits per heavy atom. The molecule has 0 saturated heterocycles. The molecule has 0 bridgehead atoms. The highest BCUT2D eigenvalue weighted by Gasteiger charge is 2.45. The van der Waals surface area contributed by atoms with Crippen LogP contribution in [0.15, 0.2) is 0 Å². The van der Waals surface area contributed by atoms with Gasteiger partial charge in [-0.3, -0.25) is 0 Å². The van der Waals surface area contributed by atoms with Gasteiger partial charge < -0.3 is 4.23 Å². The first-order valence-corrected chi connectivity index (χ1v) is 19.2. The Labute approximate surface area is 152 Å². The Kier molecular flexibility index (Phi) is 10.8. The first-order valence-electron chi connectivity index (χ1n) is 9.36. The highest BCUT2D eigenvalue weighted by molar-refractivity contribution is 7.44. The molecule has 0 aromatic carbocycles. The molecule has 0 amide bonds. The van der Waals surface area contributed by atoms with E-state index < -0.39 is 23.2 Å². The van der Waals surface area contributed by atoms with Crippen LogP contribution in [0.2, 0.25) is 48.9 Å². The maximum atomic E-state index is 6.36. The predicted octanol–water partition coefficient (Wildman–Crippen LogP) is 7.24. The quantitative estimate of drug-likeness (QED) is 0.246. The summed E-state index contributed by atoms with van der Waals surface area (Å²) < 4.78 is 3.13.